The molecular formula is C26H24N4O4S2. The summed E-state index contributed by atoms with van der Waals surface area (Å²) in [5.41, 5.74) is 5.46. The number of benzene rings is 2. The Balaban J connectivity index is 1.62. The van der Waals surface area contributed by atoms with Gasteiger partial charge in [0.25, 0.3) is 0 Å². The molecule has 1 aliphatic heterocycles. The Morgan fingerprint density at radius 1 is 0.972 bits per heavy atom. The summed E-state index contributed by atoms with van der Waals surface area (Å²) in [7, 11) is -3.26. The number of aliphatic carboxylic acids is 1. The van der Waals surface area contributed by atoms with E-state index in [4.69, 9.17) is 4.99 Å². The normalized spacial score (nSPS) is 15.1. The van der Waals surface area contributed by atoms with E-state index in [-0.39, 0.29) is 11.3 Å². The minimum absolute atomic E-state index is 0.195. The lowest BCUT2D eigenvalue weighted by Crippen LogP contribution is -2.10. The van der Waals surface area contributed by atoms with Crippen LogP contribution in [0.1, 0.15) is 45.7 Å². The van der Waals surface area contributed by atoms with Crippen LogP contribution in [0.2, 0.25) is 0 Å². The molecule has 2 aromatic heterocycles. The number of thiophene rings is 1. The Bertz CT molecular complexity index is 1630. The molecule has 8 nitrogen and oxygen atoms in total. The Hall–Kier alpha value is -3.63. The van der Waals surface area contributed by atoms with Gasteiger partial charge in [0.05, 0.1) is 17.0 Å². The number of aryl methyl sites for hydroxylation is 2. The first-order valence-corrected chi connectivity index (χ1v) is 14.0. The predicted molar refractivity (Wildman–Crippen MR) is 139 cm³/mol. The number of carboxylic acids is 1. The van der Waals surface area contributed by atoms with Crippen LogP contribution in [-0.4, -0.2) is 46.2 Å². The maximum absolute atomic E-state index is 11.8. The molecule has 0 saturated heterocycles. The maximum Gasteiger partial charge on any atom is 0.306 e. The van der Waals surface area contributed by atoms with Crippen molar-refractivity contribution in [3.63, 3.8) is 0 Å². The fraction of sp³-hybridized carbons (Fsp3) is 0.231. The second kappa shape index (κ2) is 8.79. The molecule has 0 fully saturated rings. The largest absolute Gasteiger partial charge is 0.481 e. The van der Waals surface area contributed by atoms with Gasteiger partial charge in [0.15, 0.2) is 15.7 Å². The highest BCUT2D eigenvalue weighted by Gasteiger charge is 2.32. The van der Waals surface area contributed by atoms with Crippen molar-refractivity contribution < 1.29 is 18.3 Å². The maximum atomic E-state index is 11.8. The first-order valence-electron chi connectivity index (χ1n) is 11.3. The van der Waals surface area contributed by atoms with Crippen LogP contribution in [0.3, 0.4) is 0 Å². The molecular weight excluding hydrogens is 496 g/mol. The van der Waals surface area contributed by atoms with Gasteiger partial charge in [-0.15, -0.1) is 21.5 Å². The second-order valence-corrected chi connectivity index (χ2v) is 12.1. The first kappa shape index (κ1) is 24.1. The topological polar surface area (TPSA) is 115 Å². The van der Waals surface area contributed by atoms with E-state index in [2.05, 4.69) is 24.0 Å². The van der Waals surface area contributed by atoms with Gasteiger partial charge in [-0.2, -0.15) is 0 Å². The standard InChI is InChI=1S/C26H24N4O4S2/c1-14-15(2)35-26-23(14)24(27-21(13-22(31)32)25-29-28-16(3)30(25)26)19-7-5-17(6-8-19)18-9-11-20(12-10-18)36(4,33)34/h5-12,21H,13H2,1-4H3,(H,31,32)/t21-/m0/s1. The van der Waals surface area contributed by atoms with E-state index in [1.165, 1.54) is 6.26 Å². The van der Waals surface area contributed by atoms with Gasteiger partial charge in [-0.1, -0.05) is 36.4 Å². The molecule has 1 aliphatic rings. The Labute approximate surface area is 212 Å². The van der Waals surface area contributed by atoms with Crippen LogP contribution in [0.5, 0.6) is 0 Å². The zero-order valence-corrected chi connectivity index (χ0v) is 21.8. The lowest BCUT2D eigenvalue weighted by molar-refractivity contribution is -0.137. The molecule has 2 aromatic carbocycles. The molecule has 0 radical (unpaired) electrons. The summed E-state index contributed by atoms with van der Waals surface area (Å²) in [6.45, 7) is 5.97. The van der Waals surface area contributed by atoms with Gasteiger partial charge in [0, 0.05) is 22.3 Å². The quantitative estimate of drug-likeness (QED) is 0.408. The van der Waals surface area contributed by atoms with E-state index in [0.717, 1.165) is 43.4 Å². The van der Waals surface area contributed by atoms with Gasteiger partial charge in [0.1, 0.15) is 16.9 Å². The Morgan fingerprint density at radius 2 is 1.56 bits per heavy atom. The van der Waals surface area contributed by atoms with Gasteiger partial charge in [0.2, 0.25) is 0 Å². The van der Waals surface area contributed by atoms with Gasteiger partial charge >= 0.3 is 5.97 Å². The van der Waals surface area contributed by atoms with E-state index in [0.29, 0.717) is 11.6 Å². The molecule has 184 valence electrons. The summed E-state index contributed by atoms with van der Waals surface area (Å²) < 4.78 is 25.5. The highest BCUT2D eigenvalue weighted by molar-refractivity contribution is 7.90. The third-order valence-electron chi connectivity index (χ3n) is 6.38. The summed E-state index contributed by atoms with van der Waals surface area (Å²) in [5.74, 6) is 0.253. The lowest BCUT2D eigenvalue weighted by Gasteiger charge is -2.11. The zero-order chi connectivity index (χ0) is 25.8. The smallest absolute Gasteiger partial charge is 0.306 e. The average Bonchev–Trinajstić information content (AvgIpc) is 3.31. The monoisotopic (exact) mass is 520 g/mol. The summed E-state index contributed by atoms with van der Waals surface area (Å²) in [6, 6.07) is 14.0. The second-order valence-electron chi connectivity index (χ2n) is 8.87. The van der Waals surface area contributed by atoms with E-state index in [9.17, 15) is 18.3 Å². The van der Waals surface area contributed by atoms with Crippen molar-refractivity contribution in [3.05, 3.63) is 81.7 Å². The molecule has 5 rings (SSSR count). The molecule has 0 spiro atoms. The number of sulfone groups is 1. The first-order chi connectivity index (χ1) is 17.0. The van der Waals surface area contributed by atoms with Crippen molar-refractivity contribution in [3.8, 4) is 16.1 Å². The third kappa shape index (κ3) is 4.16. The van der Waals surface area contributed by atoms with Crippen molar-refractivity contribution in [2.45, 2.75) is 38.1 Å². The number of hydrogen-bond acceptors (Lipinski definition) is 7. The zero-order valence-electron chi connectivity index (χ0n) is 20.2. The van der Waals surface area contributed by atoms with Crippen LogP contribution in [0, 0.1) is 20.8 Å². The van der Waals surface area contributed by atoms with E-state index >= 15 is 0 Å². The van der Waals surface area contributed by atoms with Crippen molar-refractivity contribution in [1.82, 2.24) is 14.8 Å². The van der Waals surface area contributed by atoms with Crippen molar-refractivity contribution in [1.29, 1.82) is 0 Å². The molecule has 3 heterocycles. The molecule has 1 atom stereocenters. The number of carbonyl (C=O) groups is 1. The number of carboxylic acid groups (broad SMARTS) is 1. The van der Waals surface area contributed by atoms with Crippen molar-refractivity contribution in [2.24, 2.45) is 4.99 Å². The van der Waals surface area contributed by atoms with Crippen LogP contribution in [0.4, 0.5) is 0 Å². The molecule has 36 heavy (non-hydrogen) atoms. The lowest BCUT2D eigenvalue weighted by atomic mass is 9.97. The van der Waals surface area contributed by atoms with Crippen LogP contribution >= 0.6 is 11.3 Å². The molecule has 0 bridgehead atoms. The van der Waals surface area contributed by atoms with Crippen LogP contribution in [0.25, 0.3) is 16.1 Å². The predicted octanol–water partition coefficient (Wildman–Crippen LogP) is 4.69. The highest BCUT2D eigenvalue weighted by Crippen LogP contribution is 2.39. The van der Waals surface area contributed by atoms with E-state index in [1.807, 2.05) is 35.8 Å². The van der Waals surface area contributed by atoms with Gasteiger partial charge in [-0.25, -0.2) is 8.42 Å². The van der Waals surface area contributed by atoms with Crippen molar-refractivity contribution >= 4 is 32.9 Å². The van der Waals surface area contributed by atoms with Crippen LogP contribution in [0.15, 0.2) is 58.4 Å². The summed E-state index contributed by atoms with van der Waals surface area (Å²) in [6.07, 6.45) is 0.993. The number of fused-ring (bicyclic) bond motifs is 3. The molecule has 0 amide bonds. The number of aliphatic imine (C=N–C) groups is 1. The number of rotatable bonds is 5. The SMILES string of the molecule is Cc1sc2c(c1C)C(c1ccc(-c3ccc(S(C)(=O)=O)cc3)cc1)=N[C@@H](CC(=O)O)c1nnc(C)n1-2. The fourth-order valence-electron chi connectivity index (χ4n) is 4.41. The minimum atomic E-state index is -3.26. The van der Waals surface area contributed by atoms with Crippen LogP contribution in [-0.2, 0) is 14.6 Å². The fourth-order valence-corrected chi connectivity index (χ4v) is 6.25. The molecule has 0 saturated carbocycles. The average molecular weight is 521 g/mol. The molecule has 10 heteroatoms. The summed E-state index contributed by atoms with van der Waals surface area (Å²) in [5, 5.41) is 19.0. The number of nitrogens with zero attached hydrogens (tertiary/aromatic N) is 4. The summed E-state index contributed by atoms with van der Waals surface area (Å²) >= 11 is 1.62. The number of hydrogen-bond donors (Lipinski definition) is 1. The van der Waals surface area contributed by atoms with Gasteiger partial charge in [-0.05, 0) is 49.6 Å². The molecule has 4 aromatic rings. The van der Waals surface area contributed by atoms with Gasteiger partial charge in [-0.3, -0.25) is 14.4 Å². The third-order valence-corrected chi connectivity index (χ3v) is 8.70. The number of aromatic nitrogens is 3. The minimum Gasteiger partial charge on any atom is -0.481 e. The molecule has 0 aliphatic carbocycles. The van der Waals surface area contributed by atoms with Crippen molar-refractivity contribution in [2.75, 3.05) is 6.26 Å². The Morgan fingerprint density at radius 3 is 2.14 bits per heavy atom. The van der Waals surface area contributed by atoms with E-state index in [1.54, 1.807) is 35.6 Å². The highest BCUT2D eigenvalue weighted by atomic mass is 32.2. The molecule has 1 N–H and O–H groups in total. The van der Waals surface area contributed by atoms with E-state index < -0.39 is 21.8 Å². The Kier molecular flexibility index (Phi) is 5.88. The summed E-state index contributed by atoms with van der Waals surface area (Å²) in [4.78, 5) is 18.1. The van der Waals surface area contributed by atoms with Gasteiger partial charge < -0.3 is 5.11 Å². The van der Waals surface area contributed by atoms with Crippen LogP contribution < -0.4 is 0 Å². The molecule has 0 unspecified atom stereocenters.